The zero-order valence-corrected chi connectivity index (χ0v) is 12.5. The van der Waals surface area contributed by atoms with Crippen LogP contribution in [0.5, 0.6) is 5.75 Å². The molecule has 0 saturated carbocycles. The Labute approximate surface area is 126 Å². The third-order valence-electron chi connectivity index (χ3n) is 3.40. The molecule has 2 aromatic rings. The van der Waals surface area contributed by atoms with E-state index in [1.807, 2.05) is 60.7 Å². The molecule has 0 fully saturated rings. The largest absolute Gasteiger partial charge is 0.497 e. The Hall–Kier alpha value is -1.91. The Balaban J connectivity index is 1.86. The van der Waals surface area contributed by atoms with Crippen molar-refractivity contribution in [3.05, 3.63) is 71.1 Å². The minimum atomic E-state index is -1.19. The standard InChI is InChI=1S/C17H16O3S/c1-19-14-9-7-13(8-10-14)17-16(11-12-20-17)21(18)15-5-3-2-4-6-15/h2-11,17H,12H2,1H3/t17-,21?/m1/s1. The molecule has 4 heteroatoms. The lowest BCUT2D eigenvalue weighted by atomic mass is 10.1. The molecule has 21 heavy (non-hydrogen) atoms. The summed E-state index contributed by atoms with van der Waals surface area (Å²) < 4.78 is 23.6. The van der Waals surface area contributed by atoms with Crippen molar-refractivity contribution < 1.29 is 13.7 Å². The molecule has 1 heterocycles. The maximum atomic E-state index is 12.7. The average Bonchev–Trinajstić information content (AvgIpc) is 3.04. The first kappa shape index (κ1) is 14.0. The van der Waals surface area contributed by atoms with Crippen LogP contribution in [0.4, 0.5) is 0 Å². The number of benzene rings is 2. The van der Waals surface area contributed by atoms with E-state index in [-0.39, 0.29) is 6.10 Å². The van der Waals surface area contributed by atoms with Crippen molar-refractivity contribution in [2.45, 2.75) is 11.0 Å². The molecule has 108 valence electrons. The van der Waals surface area contributed by atoms with Gasteiger partial charge in [0.2, 0.25) is 0 Å². The smallest absolute Gasteiger partial charge is 0.118 e. The molecule has 0 radical (unpaired) electrons. The summed E-state index contributed by atoms with van der Waals surface area (Å²) in [5, 5.41) is 0. The summed E-state index contributed by atoms with van der Waals surface area (Å²) in [5.74, 6) is 0.798. The van der Waals surface area contributed by atoms with Crippen LogP contribution in [0, 0.1) is 0 Å². The van der Waals surface area contributed by atoms with Gasteiger partial charge in [-0.15, -0.1) is 0 Å². The van der Waals surface area contributed by atoms with Gasteiger partial charge in [-0.1, -0.05) is 30.3 Å². The van der Waals surface area contributed by atoms with Gasteiger partial charge < -0.3 is 9.47 Å². The molecule has 1 aliphatic heterocycles. The number of rotatable bonds is 4. The number of hydrogen-bond donors (Lipinski definition) is 0. The van der Waals surface area contributed by atoms with Gasteiger partial charge in [0, 0.05) is 4.90 Å². The molecule has 0 spiro atoms. The lowest BCUT2D eigenvalue weighted by Gasteiger charge is -2.15. The fourth-order valence-corrected chi connectivity index (χ4v) is 3.60. The fourth-order valence-electron chi connectivity index (χ4n) is 2.31. The van der Waals surface area contributed by atoms with Crippen molar-refractivity contribution in [1.82, 2.24) is 0 Å². The highest BCUT2D eigenvalue weighted by atomic mass is 32.2. The molecule has 1 unspecified atom stereocenters. The monoisotopic (exact) mass is 300 g/mol. The van der Waals surface area contributed by atoms with Crippen LogP contribution in [0.25, 0.3) is 0 Å². The SMILES string of the molecule is COc1ccc([C@H]2OCC=C2S(=O)c2ccccc2)cc1. The molecule has 0 saturated heterocycles. The lowest BCUT2D eigenvalue weighted by Crippen LogP contribution is -2.06. The van der Waals surface area contributed by atoms with Crippen LogP contribution < -0.4 is 4.74 Å². The summed E-state index contributed by atoms with van der Waals surface area (Å²) in [4.78, 5) is 1.61. The highest BCUT2D eigenvalue weighted by Crippen LogP contribution is 2.35. The van der Waals surface area contributed by atoms with Crippen LogP contribution in [0.3, 0.4) is 0 Å². The molecule has 0 bridgehead atoms. The van der Waals surface area contributed by atoms with E-state index in [1.165, 1.54) is 0 Å². The van der Waals surface area contributed by atoms with E-state index in [1.54, 1.807) is 7.11 Å². The highest BCUT2D eigenvalue weighted by molar-refractivity contribution is 7.89. The molecule has 2 aromatic carbocycles. The van der Waals surface area contributed by atoms with Crippen LogP contribution in [0.15, 0.2) is 70.5 Å². The number of ether oxygens (including phenoxy) is 2. The van der Waals surface area contributed by atoms with Gasteiger partial charge in [-0.05, 0) is 35.9 Å². The first-order valence-electron chi connectivity index (χ1n) is 6.72. The van der Waals surface area contributed by atoms with Gasteiger partial charge in [0.15, 0.2) is 0 Å². The molecule has 1 aliphatic rings. The first-order chi connectivity index (χ1) is 10.3. The lowest BCUT2D eigenvalue weighted by molar-refractivity contribution is 0.127. The van der Waals surface area contributed by atoms with Gasteiger partial charge >= 0.3 is 0 Å². The normalized spacial score (nSPS) is 19.1. The van der Waals surface area contributed by atoms with E-state index in [2.05, 4.69) is 0 Å². The van der Waals surface area contributed by atoms with E-state index < -0.39 is 10.8 Å². The van der Waals surface area contributed by atoms with E-state index in [9.17, 15) is 4.21 Å². The second-order valence-corrected chi connectivity index (χ2v) is 6.16. The third kappa shape index (κ3) is 2.91. The zero-order chi connectivity index (χ0) is 14.7. The molecular weight excluding hydrogens is 284 g/mol. The zero-order valence-electron chi connectivity index (χ0n) is 11.7. The Morgan fingerprint density at radius 1 is 1.10 bits per heavy atom. The average molecular weight is 300 g/mol. The van der Waals surface area contributed by atoms with Crippen LogP contribution in [0.2, 0.25) is 0 Å². The third-order valence-corrected chi connectivity index (χ3v) is 4.90. The quantitative estimate of drug-likeness (QED) is 0.867. The second kappa shape index (κ2) is 6.24. The second-order valence-electron chi connectivity index (χ2n) is 4.67. The molecular formula is C17H16O3S. The summed E-state index contributed by atoms with van der Waals surface area (Å²) in [5.41, 5.74) is 0.990. The summed E-state index contributed by atoms with van der Waals surface area (Å²) in [6.45, 7) is 0.491. The van der Waals surface area contributed by atoms with Gasteiger partial charge in [0.25, 0.3) is 0 Å². The first-order valence-corrected chi connectivity index (χ1v) is 7.87. The highest BCUT2D eigenvalue weighted by Gasteiger charge is 2.27. The molecule has 0 amide bonds. The van der Waals surface area contributed by atoms with Crippen LogP contribution in [-0.4, -0.2) is 17.9 Å². The van der Waals surface area contributed by atoms with Gasteiger partial charge in [0.1, 0.15) is 11.9 Å². The molecule has 0 aliphatic carbocycles. The molecule has 0 N–H and O–H groups in total. The number of hydrogen-bond acceptors (Lipinski definition) is 3. The van der Waals surface area contributed by atoms with Crippen molar-refractivity contribution >= 4 is 10.8 Å². The van der Waals surface area contributed by atoms with Gasteiger partial charge in [-0.25, -0.2) is 4.21 Å². The van der Waals surface area contributed by atoms with Crippen molar-refractivity contribution in [3.63, 3.8) is 0 Å². The van der Waals surface area contributed by atoms with Gasteiger partial charge in [0.05, 0.1) is 29.4 Å². The maximum absolute atomic E-state index is 12.7. The molecule has 2 atom stereocenters. The van der Waals surface area contributed by atoms with Crippen molar-refractivity contribution in [3.8, 4) is 5.75 Å². The van der Waals surface area contributed by atoms with Crippen LogP contribution >= 0.6 is 0 Å². The molecule has 3 rings (SSSR count). The maximum Gasteiger partial charge on any atom is 0.118 e. The Morgan fingerprint density at radius 3 is 2.48 bits per heavy atom. The minimum absolute atomic E-state index is 0.253. The van der Waals surface area contributed by atoms with E-state index in [4.69, 9.17) is 9.47 Å². The summed E-state index contributed by atoms with van der Waals surface area (Å²) >= 11 is 0. The predicted molar refractivity (Wildman–Crippen MR) is 82.6 cm³/mol. The van der Waals surface area contributed by atoms with E-state index in [0.29, 0.717) is 6.61 Å². The van der Waals surface area contributed by atoms with E-state index in [0.717, 1.165) is 21.1 Å². The Morgan fingerprint density at radius 2 is 1.81 bits per heavy atom. The molecule has 3 nitrogen and oxygen atoms in total. The van der Waals surface area contributed by atoms with Crippen molar-refractivity contribution in [2.75, 3.05) is 13.7 Å². The topological polar surface area (TPSA) is 35.5 Å². The van der Waals surface area contributed by atoms with Crippen LogP contribution in [0.1, 0.15) is 11.7 Å². The number of methoxy groups -OCH3 is 1. The van der Waals surface area contributed by atoms with Crippen molar-refractivity contribution in [2.24, 2.45) is 0 Å². The summed E-state index contributed by atoms with van der Waals surface area (Å²) in [6, 6.07) is 17.1. The Kier molecular flexibility index (Phi) is 4.18. The summed E-state index contributed by atoms with van der Waals surface area (Å²) in [7, 11) is 0.444. The predicted octanol–water partition coefficient (Wildman–Crippen LogP) is 3.46. The Bertz CT molecular complexity index is 662. The van der Waals surface area contributed by atoms with Crippen molar-refractivity contribution in [1.29, 1.82) is 0 Å². The minimum Gasteiger partial charge on any atom is -0.497 e. The van der Waals surface area contributed by atoms with Crippen LogP contribution in [-0.2, 0) is 15.5 Å². The van der Waals surface area contributed by atoms with E-state index >= 15 is 0 Å². The summed E-state index contributed by atoms with van der Waals surface area (Å²) in [6.07, 6.45) is 1.66. The fraction of sp³-hybridized carbons (Fsp3) is 0.176. The molecule has 0 aromatic heterocycles. The van der Waals surface area contributed by atoms with Gasteiger partial charge in [-0.2, -0.15) is 0 Å². The van der Waals surface area contributed by atoms with Gasteiger partial charge in [-0.3, -0.25) is 0 Å².